The van der Waals surface area contributed by atoms with Crippen LogP contribution < -0.4 is 10.6 Å². The molecule has 4 nitrogen and oxygen atoms in total. The Morgan fingerprint density at radius 3 is 2.42 bits per heavy atom. The van der Waals surface area contributed by atoms with Crippen molar-refractivity contribution in [1.82, 2.24) is 5.32 Å². The lowest BCUT2D eigenvalue weighted by molar-refractivity contribution is 0.0951. The highest BCUT2D eigenvalue weighted by atomic mass is 79.9. The van der Waals surface area contributed by atoms with Crippen LogP contribution in [0, 0.1) is 13.8 Å². The summed E-state index contributed by atoms with van der Waals surface area (Å²) in [6, 6.07) is 16.9. The van der Waals surface area contributed by atoms with Gasteiger partial charge in [-0.25, -0.2) is 0 Å². The molecule has 0 bridgehead atoms. The van der Waals surface area contributed by atoms with E-state index in [-0.39, 0.29) is 10.9 Å². The number of amides is 1. The molecule has 132 valence electrons. The molecule has 0 fully saturated rings. The molecule has 0 aliphatic heterocycles. The Morgan fingerprint density at radius 2 is 1.73 bits per heavy atom. The summed E-state index contributed by atoms with van der Waals surface area (Å²) in [5, 5.41) is 5.79. The van der Waals surface area contributed by atoms with E-state index in [1.54, 1.807) is 12.1 Å². The molecule has 2 N–H and O–H groups in total. The Labute approximate surface area is 165 Å². The van der Waals surface area contributed by atoms with Gasteiger partial charge in [0.15, 0.2) is 10.9 Å². The summed E-state index contributed by atoms with van der Waals surface area (Å²) in [6.45, 7) is 4.10. The Balaban J connectivity index is 1.66. The molecule has 26 heavy (non-hydrogen) atoms. The lowest BCUT2D eigenvalue weighted by Crippen LogP contribution is -2.33. The smallest absolute Gasteiger partial charge is 0.293 e. The average Bonchev–Trinajstić information content (AvgIpc) is 3.09. The fraction of sp³-hybridized carbons (Fsp3) is 0.100. The minimum Gasteiger partial charge on any atom is -0.451 e. The van der Waals surface area contributed by atoms with Crippen LogP contribution in [0.1, 0.15) is 21.7 Å². The van der Waals surface area contributed by atoms with Crippen LogP contribution in [0.5, 0.6) is 0 Å². The highest BCUT2D eigenvalue weighted by Gasteiger charge is 2.14. The van der Waals surface area contributed by atoms with Crippen molar-refractivity contribution in [2.24, 2.45) is 0 Å². The number of anilines is 1. The van der Waals surface area contributed by atoms with Crippen molar-refractivity contribution in [2.75, 3.05) is 5.32 Å². The first kappa shape index (κ1) is 18.4. The van der Waals surface area contributed by atoms with Crippen LogP contribution >= 0.6 is 28.1 Å². The van der Waals surface area contributed by atoms with E-state index in [4.69, 9.17) is 16.6 Å². The Bertz CT molecular complexity index is 964. The molecular weight excluding hydrogens is 412 g/mol. The normalized spacial score (nSPS) is 10.4. The SMILES string of the molecule is Cc1ccc(-c2ccc(C(=O)NC(=S)Nc3ccc(Br)cc3)o2)cc1C. The van der Waals surface area contributed by atoms with E-state index in [0.29, 0.717) is 5.76 Å². The highest BCUT2D eigenvalue weighted by Crippen LogP contribution is 2.24. The van der Waals surface area contributed by atoms with Gasteiger partial charge >= 0.3 is 0 Å². The lowest BCUT2D eigenvalue weighted by atomic mass is 10.1. The van der Waals surface area contributed by atoms with E-state index in [2.05, 4.69) is 33.5 Å². The van der Waals surface area contributed by atoms with Gasteiger partial charge in [0.1, 0.15) is 5.76 Å². The summed E-state index contributed by atoms with van der Waals surface area (Å²) in [5.74, 6) is 0.456. The van der Waals surface area contributed by atoms with Gasteiger partial charge in [-0.3, -0.25) is 10.1 Å². The number of rotatable bonds is 3. The molecule has 0 saturated heterocycles. The van der Waals surface area contributed by atoms with Crippen LogP contribution in [0.15, 0.2) is 63.5 Å². The number of benzene rings is 2. The van der Waals surface area contributed by atoms with Gasteiger partial charge in [-0.05, 0) is 79.7 Å². The summed E-state index contributed by atoms with van der Waals surface area (Å²) < 4.78 is 6.65. The lowest BCUT2D eigenvalue weighted by Gasteiger charge is -2.08. The highest BCUT2D eigenvalue weighted by molar-refractivity contribution is 9.10. The van der Waals surface area contributed by atoms with Crippen molar-refractivity contribution >= 4 is 44.9 Å². The number of hydrogen-bond donors (Lipinski definition) is 2. The Hall–Kier alpha value is -2.44. The number of aryl methyl sites for hydroxylation is 2. The molecule has 0 atom stereocenters. The third kappa shape index (κ3) is 4.39. The predicted molar refractivity (Wildman–Crippen MR) is 111 cm³/mol. The minimum atomic E-state index is -0.394. The molecular formula is C20H17BrN2O2S. The van der Waals surface area contributed by atoms with Crippen molar-refractivity contribution in [3.8, 4) is 11.3 Å². The van der Waals surface area contributed by atoms with Crippen LogP contribution in [0.4, 0.5) is 5.69 Å². The molecule has 0 aliphatic carbocycles. The van der Waals surface area contributed by atoms with E-state index in [9.17, 15) is 4.79 Å². The Kier molecular flexibility index (Phi) is 5.54. The molecule has 3 rings (SSSR count). The molecule has 2 aromatic carbocycles. The number of hydrogen-bond acceptors (Lipinski definition) is 3. The maximum Gasteiger partial charge on any atom is 0.293 e. The standard InChI is InChI=1S/C20H17BrN2O2S/c1-12-3-4-14(11-13(12)2)17-9-10-18(25-17)19(24)23-20(26)22-16-7-5-15(21)6-8-16/h3-11H,1-2H3,(H2,22,23,24,26). The molecule has 1 aromatic heterocycles. The first-order valence-electron chi connectivity index (χ1n) is 7.98. The Morgan fingerprint density at radius 1 is 1.00 bits per heavy atom. The zero-order valence-corrected chi connectivity index (χ0v) is 16.7. The van der Waals surface area contributed by atoms with Gasteiger partial charge in [0.2, 0.25) is 0 Å². The van der Waals surface area contributed by atoms with E-state index < -0.39 is 5.91 Å². The zero-order chi connectivity index (χ0) is 18.7. The van der Waals surface area contributed by atoms with E-state index in [0.717, 1.165) is 15.7 Å². The van der Waals surface area contributed by atoms with Crippen molar-refractivity contribution < 1.29 is 9.21 Å². The summed E-state index contributed by atoms with van der Waals surface area (Å²) in [4.78, 5) is 12.3. The van der Waals surface area contributed by atoms with Crippen molar-refractivity contribution in [3.63, 3.8) is 0 Å². The monoisotopic (exact) mass is 428 g/mol. The molecule has 0 unspecified atom stereocenters. The number of carbonyl (C=O) groups is 1. The number of furan rings is 1. The zero-order valence-electron chi connectivity index (χ0n) is 14.3. The van der Waals surface area contributed by atoms with Gasteiger partial charge < -0.3 is 9.73 Å². The molecule has 0 aliphatic rings. The summed E-state index contributed by atoms with van der Waals surface area (Å²) in [6.07, 6.45) is 0. The van der Waals surface area contributed by atoms with Crippen molar-refractivity contribution in [2.45, 2.75) is 13.8 Å². The van der Waals surface area contributed by atoms with E-state index >= 15 is 0 Å². The quantitative estimate of drug-likeness (QED) is 0.544. The predicted octanol–water partition coefficient (Wildman–Crippen LogP) is 5.45. The maximum atomic E-state index is 12.3. The second-order valence-corrected chi connectivity index (χ2v) is 7.20. The summed E-state index contributed by atoms with van der Waals surface area (Å²) >= 11 is 8.55. The first-order valence-corrected chi connectivity index (χ1v) is 9.18. The van der Waals surface area contributed by atoms with E-state index in [1.807, 2.05) is 49.4 Å². The molecule has 1 heterocycles. The minimum absolute atomic E-state index is 0.207. The molecule has 1 amide bonds. The third-order valence-corrected chi connectivity index (χ3v) is 4.68. The number of carbonyl (C=O) groups excluding carboxylic acids is 1. The van der Waals surface area contributed by atoms with Gasteiger partial charge in [0.05, 0.1) is 0 Å². The second-order valence-electron chi connectivity index (χ2n) is 5.88. The van der Waals surface area contributed by atoms with Gasteiger partial charge in [-0.2, -0.15) is 0 Å². The molecule has 0 saturated carbocycles. The van der Waals surface area contributed by atoms with Crippen LogP contribution in [0.2, 0.25) is 0 Å². The summed E-state index contributed by atoms with van der Waals surface area (Å²) in [7, 11) is 0. The number of nitrogens with one attached hydrogen (secondary N) is 2. The van der Waals surface area contributed by atoms with Crippen LogP contribution in [0.25, 0.3) is 11.3 Å². The van der Waals surface area contributed by atoms with E-state index in [1.165, 1.54) is 11.1 Å². The van der Waals surface area contributed by atoms with Crippen LogP contribution in [-0.4, -0.2) is 11.0 Å². The van der Waals surface area contributed by atoms with Crippen LogP contribution in [-0.2, 0) is 0 Å². The van der Waals surface area contributed by atoms with Crippen molar-refractivity contribution in [1.29, 1.82) is 0 Å². The fourth-order valence-electron chi connectivity index (χ4n) is 2.37. The average molecular weight is 429 g/mol. The van der Waals surface area contributed by atoms with Gasteiger partial charge in [0.25, 0.3) is 5.91 Å². The second kappa shape index (κ2) is 7.85. The van der Waals surface area contributed by atoms with Gasteiger partial charge in [0, 0.05) is 15.7 Å². The molecule has 3 aromatic rings. The number of thiocarbonyl (C=S) groups is 1. The molecule has 0 spiro atoms. The summed E-state index contributed by atoms with van der Waals surface area (Å²) in [5.41, 5.74) is 4.10. The van der Waals surface area contributed by atoms with Gasteiger partial charge in [-0.15, -0.1) is 0 Å². The van der Waals surface area contributed by atoms with Crippen molar-refractivity contribution in [3.05, 3.63) is 76.0 Å². The van der Waals surface area contributed by atoms with Crippen LogP contribution in [0.3, 0.4) is 0 Å². The third-order valence-electron chi connectivity index (χ3n) is 3.95. The fourth-order valence-corrected chi connectivity index (χ4v) is 2.84. The number of halogens is 1. The first-order chi connectivity index (χ1) is 12.4. The largest absolute Gasteiger partial charge is 0.451 e. The molecule has 6 heteroatoms. The maximum absolute atomic E-state index is 12.3. The topological polar surface area (TPSA) is 54.3 Å². The van der Waals surface area contributed by atoms with Gasteiger partial charge in [-0.1, -0.05) is 28.1 Å². The molecule has 0 radical (unpaired) electrons.